The number of hydrogen-bond acceptors (Lipinski definition) is 5. The van der Waals surface area contributed by atoms with Gasteiger partial charge >= 0.3 is 11.7 Å². The van der Waals surface area contributed by atoms with Crippen LogP contribution in [-0.2, 0) is 11.8 Å². The molecule has 0 radical (unpaired) electrons. The van der Waals surface area contributed by atoms with E-state index in [1.807, 2.05) is 0 Å². The average Bonchev–Trinajstić information content (AvgIpc) is 2.56. The molecule has 0 unspecified atom stereocenters. The summed E-state index contributed by atoms with van der Waals surface area (Å²) in [5, 5.41) is 23.3. The molecule has 1 aromatic rings. The maximum atomic E-state index is 10.7. The van der Waals surface area contributed by atoms with Crippen molar-refractivity contribution in [2.75, 3.05) is 18.0 Å². The molecule has 1 aromatic heterocycles. The minimum absolute atomic E-state index is 0.0809. The molecule has 0 saturated carbocycles. The molecule has 1 heterocycles. The van der Waals surface area contributed by atoms with E-state index in [1.54, 1.807) is 14.0 Å². The van der Waals surface area contributed by atoms with Crippen molar-refractivity contribution in [3.05, 3.63) is 16.3 Å². The van der Waals surface area contributed by atoms with Gasteiger partial charge in [0, 0.05) is 13.6 Å². The molecular formula is C8H12N4O4. The predicted molar refractivity (Wildman–Crippen MR) is 55.4 cm³/mol. The molecule has 0 atom stereocenters. The van der Waals surface area contributed by atoms with Crippen LogP contribution in [-0.4, -0.2) is 38.9 Å². The fourth-order valence-electron chi connectivity index (χ4n) is 1.32. The second-order valence-electron chi connectivity index (χ2n) is 3.18. The summed E-state index contributed by atoms with van der Waals surface area (Å²) in [5.41, 5.74) is -0.189. The van der Waals surface area contributed by atoms with Gasteiger partial charge in [-0.25, -0.2) is 0 Å². The minimum Gasteiger partial charge on any atom is -0.480 e. The van der Waals surface area contributed by atoms with Gasteiger partial charge in [0.05, 0.1) is 4.92 Å². The molecular weight excluding hydrogens is 216 g/mol. The van der Waals surface area contributed by atoms with Crippen LogP contribution in [0.15, 0.2) is 6.20 Å². The van der Waals surface area contributed by atoms with Crippen LogP contribution in [0.3, 0.4) is 0 Å². The van der Waals surface area contributed by atoms with E-state index in [4.69, 9.17) is 5.11 Å². The molecule has 88 valence electrons. The third-order valence-corrected chi connectivity index (χ3v) is 1.99. The van der Waals surface area contributed by atoms with Gasteiger partial charge in [0.1, 0.15) is 12.7 Å². The molecule has 0 aromatic carbocycles. The van der Waals surface area contributed by atoms with E-state index in [9.17, 15) is 14.9 Å². The Morgan fingerprint density at radius 1 is 1.75 bits per heavy atom. The summed E-state index contributed by atoms with van der Waals surface area (Å²) < 4.78 is 1.29. The first kappa shape index (κ1) is 12.0. The average molecular weight is 228 g/mol. The molecule has 16 heavy (non-hydrogen) atoms. The molecule has 8 nitrogen and oxygen atoms in total. The normalized spacial score (nSPS) is 10.1. The molecule has 0 spiro atoms. The van der Waals surface area contributed by atoms with Gasteiger partial charge in [0.25, 0.3) is 0 Å². The van der Waals surface area contributed by atoms with Gasteiger partial charge in [0.15, 0.2) is 0 Å². The summed E-state index contributed by atoms with van der Waals surface area (Å²) >= 11 is 0. The van der Waals surface area contributed by atoms with E-state index in [1.165, 1.54) is 15.8 Å². The molecule has 0 fully saturated rings. The molecule has 0 aliphatic carbocycles. The number of carboxylic acids is 1. The highest BCUT2D eigenvalue weighted by atomic mass is 16.6. The fraction of sp³-hybridized carbons (Fsp3) is 0.500. The van der Waals surface area contributed by atoms with E-state index in [-0.39, 0.29) is 18.1 Å². The number of rotatable bonds is 5. The zero-order valence-corrected chi connectivity index (χ0v) is 8.95. The second-order valence-corrected chi connectivity index (χ2v) is 3.18. The van der Waals surface area contributed by atoms with Crippen LogP contribution in [0.5, 0.6) is 0 Å². The van der Waals surface area contributed by atoms with Gasteiger partial charge in [0.2, 0.25) is 5.82 Å². The third-order valence-electron chi connectivity index (χ3n) is 1.99. The number of nitro groups is 1. The predicted octanol–water partition coefficient (Wildman–Crippen LogP) is 0.239. The maximum Gasteiger partial charge on any atom is 0.330 e. The monoisotopic (exact) mass is 228 g/mol. The largest absolute Gasteiger partial charge is 0.480 e. The van der Waals surface area contributed by atoms with Crippen molar-refractivity contribution in [1.82, 2.24) is 9.78 Å². The summed E-state index contributed by atoms with van der Waals surface area (Å²) in [5.74, 6) is -0.973. The lowest BCUT2D eigenvalue weighted by Crippen LogP contribution is -2.30. The SMILES string of the molecule is CCN(CC(=O)O)c1nn(C)cc1[N+](=O)[O-]. The Kier molecular flexibility index (Phi) is 3.44. The van der Waals surface area contributed by atoms with Gasteiger partial charge < -0.3 is 10.0 Å². The molecule has 1 N–H and O–H groups in total. The van der Waals surface area contributed by atoms with Crippen molar-refractivity contribution in [2.24, 2.45) is 7.05 Å². The van der Waals surface area contributed by atoms with Crippen molar-refractivity contribution < 1.29 is 14.8 Å². The van der Waals surface area contributed by atoms with Crippen molar-refractivity contribution in [3.63, 3.8) is 0 Å². The smallest absolute Gasteiger partial charge is 0.330 e. The standard InChI is InChI=1S/C8H12N4O4/c1-3-11(5-7(13)14)8-6(12(15)16)4-10(2)9-8/h4H,3,5H2,1-2H3,(H,13,14). The van der Waals surface area contributed by atoms with Crippen molar-refractivity contribution in [3.8, 4) is 0 Å². The van der Waals surface area contributed by atoms with Crippen LogP contribution >= 0.6 is 0 Å². The zero-order chi connectivity index (χ0) is 12.3. The van der Waals surface area contributed by atoms with Crippen molar-refractivity contribution in [2.45, 2.75) is 6.92 Å². The van der Waals surface area contributed by atoms with E-state index >= 15 is 0 Å². The quantitative estimate of drug-likeness (QED) is 0.572. The highest BCUT2D eigenvalue weighted by molar-refractivity contribution is 5.74. The number of nitrogens with zero attached hydrogens (tertiary/aromatic N) is 4. The molecule has 0 amide bonds. The number of aryl methyl sites for hydroxylation is 1. The lowest BCUT2D eigenvalue weighted by atomic mass is 10.4. The van der Waals surface area contributed by atoms with Crippen LogP contribution in [0, 0.1) is 10.1 Å². The lowest BCUT2D eigenvalue weighted by Gasteiger charge is -2.16. The Balaban J connectivity index is 3.08. The highest BCUT2D eigenvalue weighted by Crippen LogP contribution is 2.25. The molecule has 1 rings (SSSR count). The molecule has 0 saturated heterocycles. The number of hydrogen-bond donors (Lipinski definition) is 1. The van der Waals surface area contributed by atoms with Crippen molar-refractivity contribution >= 4 is 17.5 Å². The minimum atomic E-state index is -1.05. The van der Waals surface area contributed by atoms with Crippen LogP contribution < -0.4 is 4.90 Å². The topological polar surface area (TPSA) is 102 Å². The van der Waals surface area contributed by atoms with Gasteiger partial charge in [-0.3, -0.25) is 19.6 Å². The van der Waals surface area contributed by atoms with E-state index in [0.29, 0.717) is 6.54 Å². The number of aliphatic carboxylic acids is 1. The summed E-state index contributed by atoms with van der Waals surface area (Å²) in [6.07, 6.45) is 1.25. The maximum absolute atomic E-state index is 10.7. The van der Waals surface area contributed by atoms with E-state index < -0.39 is 10.9 Å². The van der Waals surface area contributed by atoms with Crippen molar-refractivity contribution in [1.29, 1.82) is 0 Å². The van der Waals surface area contributed by atoms with Gasteiger partial charge in [-0.2, -0.15) is 0 Å². The van der Waals surface area contributed by atoms with Crippen LogP contribution in [0.25, 0.3) is 0 Å². The number of carboxylic acid groups (broad SMARTS) is 1. The Labute approximate surface area is 91.2 Å². The number of aromatic nitrogens is 2. The number of carbonyl (C=O) groups is 1. The molecule has 0 aliphatic heterocycles. The second kappa shape index (κ2) is 4.60. The highest BCUT2D eigenvalue weighted by Gasteiger charge is 2.24. The molecule has 8 heteroatoms. The first-order valence-corrected chi connectivity index (χ1v) is 4.60. The van der Waals surface area contributed by atoms with Gasteiger partial charge in [-0.05, 0) is 6.92 Å². The zero-order valence-electron chi connectivity index (χ0n) is 8.95. The number of anilines is 1. The lowest BCUT2D eigenvalue weighted by molar-refractivity contribution is -0.384. The first-order chi connectivity index (χ1) is 7.45. The fourth-order valence-corrected chi connectivity index (χ4v) is 1.32. The summed E-state index contributed by atoms with van der Waals surface area (Å²) in [4.78, 5) is 22.1. The summed E-state index contributed by atoms with van der Waals surface area (Å²) in [6, 6.07) is 0. The summed E-state index contributed by atoms with van der Waals surface area (Å²) in [7, 11) is 1.55. The Bertz CT molecular complexity index is 414. The van der Waals surface area contributed by atoms with E-state index in [0.717, 1.165) is 0 Å². The Hall–Kier alpha value is -2.12. The first-order valence-electron chi connectivity index (χ1n) is 4.60. The Morgan fingerprint density at radius 2 is 2.38 bits per heavy atom. The van der Waals surface area contributed by atoms with Gasteiger partial charge in [-0.1, -0.05) is 0 Å². The van der Waals surface area contributed by atoms with Gasteiger partial charge in [-0.15, -0.1) is 5.10 Å². The van der Waals surface area contributed by atoms with Crippen LogP contribution in [0.2, 0.25) is 0 Å². The van der Waals surface area contributed by atoms with Crippen LogP contribution in [0.1, 0.15) is 6.92 Å². The number of likely N-dealkylation sites (N-methyl/N-ethyl adjacent to an activating group) is 1. The Morgan fingerprint density at radius 3 is 2.81 bits per heavy atom. The third kappa shape index (κ3) is 2.47. The molecule has 0 aliphatic rings. The summed E-state index contributed by atoms with van der Waals surface area (Å²) in [6.45, 7) is 1.74. The van der Waals surface area contributed by atoms with E-state index in [2.05, 4.69) is 5.10 Å². The van der Waals surface area contributed by atoms with Crippen LogP contribution in [0.4, 0.5) is 11.5 Å². The molecule has 0 bridgehead atoms.